The van der Waals surface area contributed by atoms with E-state index in [0.29, 0.717) is 5.75 Å². The van der Waals surface area contributed by atoms with Crippen LogP contribution < -0.4 is 21.5 Å². The highest BCUT2D eigenvalue weighted by molar-refractivity contribution is 6.01. The number of aliphatic carboxylic acids is 1. The molecule has 0 aromatic heterocycles. The second-order valence-corrected chi connectivity index (χ2v) is 4.32. The molecule has 0 bridgehead atoms. The van der Waals surface area contributed by atoms with Crippen molar-refractivity contribution in [3.8, 4) is 5.75 Å². The highest BCUT2D eigenvalue weighted by atomic mass is 16.5. The molecule has 1 aromatic rings. The van der Waals surface area contributed by atoms with Gasteiger partial charge in [0.25, 0.3) is 5.91 Å². The van der Waals surface area contributed by atoms with Crippen molar-refractivity contribution in [3.05, 3.63) is 23.8 Å². The SMILES string of the molecule is COc1ccc(C(=O)N[C@H](CCC(N)=O)C(=O)O)c(N)c1. The number of methoxy groups -OCH3 is 1. The summed E-state index contributed by atoms with van der Waals surface area (Å²) in [6, 6.07) is 3.20. The molecule has 21 heavy (non-hydrogen) atoms. The van der Waals surface area contributed by atoms with Crippen molar-refractivity contribution in [3.63, 3.8) is 0 Å². The number of ether oxygens (including phenoxy) is 1. The predicted molar refractivity (Wildman–Crippen MR) is 74.7 cm³/mol. The summed E-state index contributed by atoms with van der Waals surface area (Å²) < 4.78 is 4.96. The molecule has 0 spiro atoms. The van der Waals surface area contributed by atoms with E-state index in [-0.39, 0.29) is 24.1 Å². The number of carboxylic acids is 1. The summed E-state index contributed by atoms with van der Waals surface area (Å²) in [4.78, 5) is 33.7. The minimum absolute atomic E-state index is 0.0908. The van der Waals surface area contributed by atoms with Crippen molar-refractivity contribution >= 4 is 23.5 Å². The van der Waals surface area contributed by atoms with E-state index < -0.39 is 23.8 Å². The molecule has 8 heteroatoms. The van der Waals surface area contributed by atoms with Gasteiger partial charge < -0.3 is 26.6 Å². The Bertz CT molecular complexity index is 559. The summed E-state index contributed by atoms with van der Waals surface area (Å²) in [6.45, 7) is 0. The third kappa shape index (κ3) is 4.68. The molecule has 0 radical (unpaired) electrons. The number of nitrogens with one attached hydrogen (secondary N) is 1. The number of benzene rings is 1. The number of amides is 2. The molecule has 0 aliphatic rings. The van der Waals surface area contributed by atoms with Crippen LogP contribution in [0, 0.1) is 0 Å². The molecular weight excluding hydrogens is 278 g/mol. The molecule has 0 saturated heterocycles. The maximum atomic E-state index is 12.0. The number of carbonyl (C=O) groups is 3. The Morgan fingerprint density at radius 2 is 2.05 bits per heavy atom. The van der Waals surface area contributed by atoms with Gasteiger partial charge in [-0.1, -0.05) is 0 Å². The number of hydrogen-bond donors (Lipinski definition) is 4. The minimum Gasteiger partial charge on any atom is -0.497 e. The van der Waals surface area contributed by atoms with Crippen molar-refractivity contribution in [2.45, 2.75) is 18.9 Å². The van der Waals surface area contributed by atoms with Crippen LogP contribution in [-0.4, -0.2) is 36.0 Å². The Hall–Kier alpha value is -2.77. The number of primary amides is 1. The Kier molecular flexibility index (Phi) is 5.53. The van der Waals surface area contributed by atoms with Gasteiger partial charge in [-0.05, 0) is 18.6 Å². The van der Waals surface area contributed by atoms with Crippen LogP contribution in [0.5, 0.6) is 5.75 Å². The van der Waals surface area contributed by atoms with E-state index >= 15 is 0 Å². The predicted octanol–water partition coefficient (Wildman–Crippen LogP) is -0.274. The second kappa shape index (κ2) is 7.13. The Morgan fingerprint density at radius 3 is 2.52 bits per heavy atom. The fourth-order valence-corrected chi connectivity index (χ4v) is 1.65. The quantitative estimate of drug-likeness (QED) is 0.509. The average molecular weight is 295 g/mol. The molecule has 0 saturated carbocycles. The van der Waals surface area contributed by atoms with Crippen molar-refractivity contribution in [2.24, 2.45) is 5.73 Å². The first-order chi connectivity index (χ1) is 9.85. The number of carboxylic acid groups (broad SMARTS) is 1. The molecule has 0 unspecified atom stereocenters. The van der Waals surface area contributed by atoms with Crippen LogP contribution in [0.3, 0.4) is 0 Å². The monoisotopic (exact) mass is 295 g/mol. The lowest BCUT2D eigenvalue weighted by Crippen LogP contribution is -2.41. The van der Waals surface area contributed by atoms with Gasteiger partial charge in [0, 0.05) is 18.2 Å². The third-order valence-electron chi connectivity index (χ3n) is 2.79. The van der Waals surface area contributed by atoms with Crippen LogP contribution in [0.25, 0.3) is 0 Å². The lowest BCUT2D eigenvalue weighted by Gasteiger charge is -2.15. The van der Waals surface area contributed by atoms with Crippen LogP contribution in [0.15, 0.2) is 18.2 Å². The number of nitrogens with two attached hydrogens (primary N) is 2. The van der Waals surface area contributed by atoms with Gasteiger partial charge in [0.15, 0.2) is 0 Å². The first kappa shape index (κ1) is 16.3. The second-order valence-electron chi connectivity index (χ2n) is 4.32. The molecule has 0 fully saturated rings. The molecule has 0 aliphatic carbocycles. The third-order valence-corrected chi connectivity index (χ3v) is 2.79. The lowest BCUT2D eigenvalue weighted by atomic mass is 10.1. The van der Waals surface area contributed by atoms with Gasteiger partial charge in [0.05, 0.1) is 12.7 Å². The minimum atomic E-state index is -1.25. The first-order valence-electron chi connectivity index (χ1n) is 6.10. The number of hydrogen-bond acceptors (Lipinski definition) is 5. The van der Waals surface area contributed by atoms with E-state index in [1.165, 1.54) is 25.3 Å². The topological polar surface area (TPSA) is 145 Å². The smallest absolute Gasteiger partial charge is 0.326 e. The van der Waals surface area contributed by atoms with Crippen molar-refractivity contribution in [1.29, 1.82) is 0 Å². The van der Waals surface area contributed by atoms with Gasteiger partial charge in [0.1, 0.15) is 11.8 Å². The zero-order valence-electron chi connectivity index (χ0n) is 11.5. The number of nitrogen functional groups attached to an aromatic ring is 1. The molecule has 0 aliphatic heterocycles. The molecule has 6 N–H and O–H groups in total. The van der Waals surface area contributed by atoms with Crippen molar-refractivity contribution in [1.82, 2.24) is 5.32 Å². The van der Waals surface area contributed by atoms with E-state index in [0.717, 1.165) is 0 Å². The number of anilines is 1. The molecule has 0 heterocycles. The molecule has 1 rings (SSSR count). The molecule has 1 atom stereocenters. The summed E-state index contributed by atoms with van der Waals surface area (Å²) in [7, 11) is 1.46. The van der Waals surface area contributed by atoms with Gasteiger partial charge in [-0.3, -0.25) is 9.59 Å². The highest BCUT2D eigenvalue weighted by Gasteiger charge is 2.22. The van der Waals surface area contributed by atoms with Crippen molar-refractivity contribution < 1.29 is 24.2 Å². The van der Waals surface area contributed by atoms with E-state index in [4.69, 9.17) is 21.3 Å². The van der Waals surface area contributed by atoms with E-state index in [2.05, 4.69) is 5.32 Å². The lowest BCUT2D eigenvalue weighted by molar-refractivity contribution is -0.139. The largest absolute Gasteiger partial charge is 0.497 e. The van der Waals surface area contributed by atoms with E-state index in [1.54, 1.807) is 0 Å². The fourth-order valence-electron chi connectivity index (χ4n) is 1.65. The highest BCUT2D eigenvalue weighted by Crippen LogP contribution is 2.19. The molecular formula is C13H17N3O5. The van der Waals surface area contributed by atoms with Gasteiger partial charge in [-0.2, -0.15) is 0 Å². The van der Waals surface area contributed by atoms with Gasteiger partial charge in [-0.15, -0.1) is 0 Å². The first-order valence-corrected chi connectivity index (χ1v) is 6.10. The fraction of sp³-hybridized carbons (Fsp3) is 0.308. The summed E-state index contributed by atoms with van der Waals surface area (Å²) in [5.41, 5.74) is 11.0. The van der Waals surface area contributed by atoms with Gasteiger partial charge >= 0.3 is 5.97 Å². The van der Waals surface area contributed by atoms with E-state index in [1.807, 2.05) is 0 Å². The van der Waals surface area contributed by atoms with Crippen molar-refractivity contribution in [2.75, 3.05) is 12.8 Å². The van der Waals surface area contributed by atoms with Crippen LogP contribution >= 0.6 is 0 Å². The molecule has 1 aromatic carbocycles. The van der Waals surface area contributed by atoms with Gasteiger partial charge in [0.2, 0.25) is 5.91 Å². The van der Waals surface area contributed by atoms with Gasteiger partial charge in [-0.25, -0.2) is 4.79 Å². The van der Waals surface area contributed by atoms with Crippen LogP contribution in [-0.2, 0) is 9.59 Å². The molecule has 114 valence electrons. The molecule has 8 nitrogen and oxygen atoms in total. The van der Waals surface area contributed by atoms with Crippen LogP contribution in [0.2, 0.25) is 0 Å². The summed E-state index contributed by atoms with van der Waals surface area (Å²) >= 11 is 0. The Labute approximate surface area is 121 Å². The van der Waals surface area contributed by atoms with E-state index in [9.17, 15) is 14.4 Å². The summed E-state index contributed by atoms with van der Waals surface area (Å²) in [5.74, 6) is -2.06. The average Bonchev–Trinajstić information content (AvgIpc) is 2.42. The van der Waals surface area contributed by atoms with Crippen LogP contribution in [0.4, 0.5) is 5.69 Å². The normalized spacial score (nSPS) is 11.5. The summed E-state index contributed by atoms with van der Waals surface area (Å²) in [6.07, 6.45) is -0.234. The number of rotatable bonds is 7. The maximum absolute atomic E-state index is 12.0. The Morgan fingerprint density at radius 1 is 1.38 bits per heavy atom. The zero-order chi connectivity index (χ0) is 16.0. The number of carbonyl (C=O) groups excluding carboxylic acids is 2. The zero-order valence-corrected chi connectivity index (χ0v) is 11.5. The standard InChI is InChI=1S/C13H17N3O5/c1-21-7-2-3-8(9(14)6-7)12(18)16-10(13(19)20)4-5-11(15)17/h2-3,6,10H,4-5,14H2,1H3,(H2,15,17)(H,16,18)(H,19,20)/t10-/m1/s1. The maximum Gasteiger partial charge on any atom is 0.326 e. The summed E-state index contributed by atoms with van der Waals surface area (Å²) in [5, 5.41) is 11.3. The Balaban J connectivity index is 2.82. The molecule has 2 amide bonds. The van der Waals surface area contributed by atoms with Crippen LogP contribution in [0.1, 0.15) is 23.2 Å².